The maximum Gasteiger partial charge on any atom is 0.300 e. The Balaban J connectivity index is 1.39. The van der Waals surface area contributed by atoms with Crippen molar-refractivity contribution in [2.75, 3.05) is 0 Å². The lowest BCUT2D eigenvalue weighted by atomic mass is 9.95. The predicted octanol–water partition coefficient (Wildman–Crippen LogP) is 1.95. The van der Waals surface area contributed by atoms with E-state index >= 15 is 0 Å². The fraction of sp³-hybridized carbons (Fsp3) is 0.400. The van der Waals surface area contributed by atoms with Crippen molar-refractivity contribution in [1.82, 2.24) is 20.8 Å². The molecular formula is C15H16N4O2S. The first kappa shape index (κ1) is 13.7. The van der Waals surface area contributed by atoms with Gasteiger partial charge in [0, 0.05) is 18.1 Å². The molecule has 2 saturated heterocycles. The summed E-state index contributed by atoms with van der Waals surface area (Å²) in [5, 5.41) is 15.1. The van der Waals surface area contributed by atoms with E-state index in [0.717, 1.165) is 24.2 Å². The largest absolute Gasteiger partial charge is 0.430 e. The number of ether oxygens (including phenoxy) is 1. The molecule has 22 heavy (non-hydrogen) atoms. The normalized spacial score (nSPS) is 26.1. The van der Waals surface area contributed by atoms with Gasteiger partial charge in [0.05, 0.1) is 0 Å². The number of hydrogen-bond donors (Lipinski definition) is 2. The Morgan fingerprint density at radius 2 is 2.14 bits per heavy atom. The van der Waals surface area contributed by atoms with E-state index in [1.807, 2.05) is 30.3 Å². The van der Waals surface area contributed by atoms with Gasteiger partial charge in [-0.3, -0.25) is 4.79 Å². The third-order valence-corrected chi connectivity index (χ3v) is 4.97. The van der Waals surface area contributed by atoms with Crippen molar-refractivity contribution in [2.45, 2.75) is 37.4 Å². The second-order valence-electron chi connectivity index (χ2n) is 5.65. The van der Waals surface area contributed by atoms with Gasteiger partial charge in [0.1, 0.15) is 5.75 Å². The number of nitrogens with one attached hydrogen (secondary N) is 2. The van der Waals surface area contributed by atoms with Gasteiger partial charge in [-0.05, 0) is 42.7 Å². The number of fused-ring (bicyclic) bond motifs is 2. The summed E-state index contributed by atoms with van der Waals surface area (Å²) in [6, 6.07) is 10.5. The number of carbonyl (C=O) groups excluding carboxylic acids is 1. The zero-order valence-electron chi connectivity index (χ0n) is 11.9. The summed E-state index contributed by atoms with van der Waals surface area (Å²) in [7, 11) is 0. The molecule has 2 aliphatic heterocycles. The van der Waals surface area contributed by atoms with Gasteiger partial charge in [0.15, 0.2) is 0 Å². The van der Waals surface area contributed by atoms with Crippen molar-refractivity contribution in [3.63, 3.8) is 0 Å². The lowest BCUT2D eigenvalue weighted by Gasteiger charge is -2.20. The number of aromatic nitrogens is 2. The van der Waals surface area contributed by atoms with E-state index in [4.69, 9.17) is 4.74 Å². The minimum Gasteiger partial charge on any atom is -0.430 e. The van der Waals surface area contributed by atoms with Gasteiger partial charge in [0.2, 0.25) is 5.01 Å². The SMILES string of the molecule is O=C(N[C@@H]1C[C@H]2CC[C@@H]1N2)c1nnc(Oc2ccccc2)s1. The van der Waals surface area contributed by atoms with E-state index < -0.39 is 0 Å². The quantitative estimate of drug-likeness (QED) is 0.902. The van der Waals surface area contributed by atoms with Crippen LogP contribution in [0.15, 0.2) is 30.3 Å². The predicted molar refractivity (Wildman–Crippen MR) is 82.2 cm³/mol. The van der Waals surface area contributed by atoms with Gasteiger partial charge >= 0.3 is 0 Å². The van der Waals surface area contributed by atoms with E-state index in [1.165, 1.54) is 6.42 Å². The van der Waals surface area contributed by atoms with Gasteiger partial charge in [-0.25, -0.2) is 0 Å². The van der Waals surface area contributed by atoms with Crippen LogP contribution in [0.5, 0.6) is 10.9 Å². The molecular weight excluding hydrogens is 300 g/mol. The Morgan fingerprint density at radius 1 is 1.27 bits per heavy atom. The summed E-state index contributed by atoms with van der Waals surface area (Å²) >= 11 is 1.16. The molecule has 0 unspecified atom stereocenters. The van der Waals surface area contributed by atoms with Crippen molar-refractivity contribution in [1.29, 1.82) is 0 Å². The Hall–Kier alpha value is -1.99. The second kappa shape index (κ2) is 5.66. The molecule has 2 fully saturated rings. The molecule has 1 aromatic carbocycles. The zero-order valence-corrected chi connectivity index (χ0v) is 12.7. The summed E-state index contributed by atoms with van der Waals surface area (Å²) in [6.45, 7) is 0. The maximum atomic E-state index is 12.3. The molecule has 0 aliphatic carbocycles. The molecule has 1 amide bonds. The van der Waals surface area contributed by atoms with Crippen LogP contribution in [-0.4, -0.2) is 34.2 Å². The Labute approximate surface area is 131 Å². The molecule has 0 radical (unpaired) electrons. The summed E-state index contributed by atoms with van der Waals surface area (Å²) in [5.41, 5.74) is 0. The van der Waals surface area contributed by atoms with Crippen LogP contribution in [0.1, 0.15) is 29.1 Å². The molecule has 0 spiro atoms. The van der Waals surface area contributed by atoms with Crippen LogP contribution < -0.4 is 15.4 Å². The highest BCUT2D eigenvalue weighted by Crippen LogP contribution is 2.29. The van der Waals surface area contributed by atoms with E-state index in [2.05, 4.69) is 20.8 Å². The molecule has 3 heterocycles. The fourth-order valence-electron chi connectivity index (χ4n) is 3.15. The minimum atomic E-state index is -0.167. The van der Waals surface area contributed by atoms with Crippen LogP contribution in [0.2, 0.25) is 0 Å². The third-order valence-electron chi connectivity index (χ3n) is 4.17. The highest BCUT2D eigenvalue weighted by Gasteiger charge is 2.40. The fourth-order valence-corrected chi connectivity index (χ4v) is 3.76. The van der Waals surface area contributed by atoms with Crippen molar-refractivity contribution in [3.8, 4) is 10.9 Å². The Bertz CT molecular complexity index is 675. The molecule has 2 aromatic rings. The lowest BCUT2D eigenvalue weighted by Crippen LogP contribution is -2.42. The molecule has 0 saturated carbocycles. The molecule has 2 aliphatic rings. The van der Waals surface area contributed by atoms with E-state index in [9.17, 15) is 4.79 Å². The average Bonchev–Trinajstić information content (AvgIpc) is 3.24. The van der Waals surface area contributed by atoms with Gasteiger partial charge in [-0.2, -0.15) is 0 Å². The monoisotopic (exact) mass is 316 g/mol. The number of nitrogens with zero attached hydrogens (tertiary/aromatic N) is 2. The van der Waals surface area contributed by atoms with Crippen LogP contribution in [0.25, 0.3) is 0 Å². The first-order chi connectivity index (χ1) is 10.8. The van der Waals surface area contributed by atoms with Gasteiger partial charge in [-0.1, -0.05) is 23.3 Å². The van der Waals surface area contributed by atoms with Crippen molar-refractivity contribution < 1.29 is 9.53 Å². The molecule has 4 rings (SSSR count). The van der Waals surface area contributed by atoms with E-state index in [1.54, 1.807) is 0 Å². The molecule has 3 atom stereocenters. The highest BCUT2D eigenvalue weighted by atomic mass is 32.1. The highest BCUT2D eigenvalue weighted by molar-refractivity contribution is 7.15. The number of benzene rings is 1. The molecule has 1 aromatic heterocycles. The first-order valence-corrected chi connectivity index (χ1v) is 8.23. The maximum absolute atomic E-state index is 12.3. The van der Waals surface area contributed by atoms with Crippen LogP contribution in [-0.2, 0) is 0 Å². The Kier molecular flexibility index (Phi) is 3.51. The molecule has 6 nitrogen and oxygen atoms in total. The number of hydrogen-bond acceptors (Lipinski definition) is 6. The zero-order chi connectivity index (χ0) is 14.9. The van der Waals surface area contributed by atoms with Gasteiger partial charge in [0.25, 0.3) is 11.1 Å². The lowest BCUT2D eigenvalue weighted by molar-refractivity contribution is 0.0930. The molecule has 7 heteroatoms. The summed E-state index contributed by atoms with van der Waals surface area (Å²) < 4.78 is 5.58. The van der Waals surface area contributed by atoms with E-state index in [0.29, 0.717) is 28.0 Å². The number of carbonyl (C=O) groups is 1. The summed E-state index contributed by atoms with van der Waals surface area (Å²) in [5.74, 6) is 0.516. The smallest absolute Gasteiger partial charge is 0.300 e. The molecule has 2 N–H and O–H groups in total. The van der Waals surface area contributed by atoms with Crippen LogP contribution in [0, 0.1) is 0 Å². The Morgan fingerprint density at radius 3 is 2.86 bits per heavy atom. The first-order valence-electron chi connectivity index (χ1n) is 7.41. The van der Waals surface area contributed by atoms with Crippen molar-refractivity contribution >= 4 is 17.2 Å². The van der Waals surface area contributed by atoms with Crippen molar-refractivity contribution in [2.24, 2.45) is 0 Å². The topological polar surface area (TPSA) is 76.1 Å². The van der Waals surface area contributed by atoms with Crippen LogP contribution in [0.3, 0.4) is 0 Å². The standard InChI is InChI=1S/C15H16N4O2S/c20-13(17-12-8-9-6-7-11(12)16-9)14-18-19-15(22-14)21-10-4-2-1-3-5-10/h1-5,9,11-12,16H,6-8H2,(H,17,20)/t9-,11+,12-/m1/s1. The number of amides is 1. The van der Waals surface area contributed by atoms with Gasteiger partial charge < -0.3 is 15.4 Å². The second-order valence-corrected chi connectivity index (χ2v) is 6.59. The summed E-state index contributed by atoms with van der Waals surface area (Å²) in [6.07, 6.45) is 3.35. The van der Waals surface area contributed by atoms with Crippen LogP contribution in [0.4, 0.5) is 0 Å². The summed E-state index contributed by atoms with van der Waals surface area (Å²) in [4.78, 5) is 12.3. The van der Waals surface area contributed by atoms with Crippen molar-refractivity contribution in [3.05, 3.63) is 35.3 Å². The third kappa shape index (κ3) is 2.69. The number of rotatable bonds is 4. The molecule has 114 valence electrons. The minimum absolute atomic E-state index is 0.167. The molecule has 2 bridgehead atoms. The average molecular weight is 316 g/mol. The number of para-hydroxylation sites is 1. The van der Waals surface area contributed by atoms with Crippen LogP contribution >= 0.6 is 11.3 Å². The van der Waals surface area contributed by atoms with Gasteiger partial charge in [-0.15, -0.1) is 5.10 Å². The van der Waals surface area contributed by atoms with E-state index in [-0.39, 0.29) is 11.9 Å².